The maximum atomic E-state index is 13.2. The van der Waals surface area contributed by atoms with E-state index in [2.05, 4.69) is 19.2 Å². The average molecular weight is 390 g/mol. The number of carbonyl (C=O) groups is 1. The third-order valence-corrected chi connectivity index (χ3v) is 6.44. The van der Waals surface area contributed by atoms with Crippen molar-refractivity contribution in [3.63, 3.8) is 0 Å². The molecule has 4 rings (SSSR count). The molecule has 0 saturated carbocycles. The molecular formula is C19H24FN5OS. The van der Waals surface area contributed by atoms with E-state index in [0.717, 1.165) is 55.7 Å². The number of likely N-dealkylation sites (tertiary alicyclic amines) is 1. The Morgan fingerprint density at radius 2 is 1.85 bits per heavy atom. The number of piperazine rings is 1. The number of carbonyl (C=O) groups excluding carboxylic acids is 1. The molecule has 0 aliphatic carbocycles. The fourth-order valence-electron chi connectivity index (χ4n) is 3.97. The standard InChI is InChI=1S/C19H24FN5OS/c1-13(15-3-5-16(20)6-4-15)25-8-7-17(18(25)26)23-9-11-24(12-10-23)19-21-14(2)22-27-19/h3-6,13,17H,7-12H2,1-2H3/t13-,17+/m0/s1. The van der Waals surface area contributed by atoms with Gasteiger partial charge < -0.3 is 9.80 Å². The van der Waals surface area contributed by atoms with Gasteiger partial charge in [0.25, 0.3) is 0 Å². The third-order valence-electron chi connectivity index (χ3n) is 5.57. The molecule has 0 bridgehead atoms. The van der Waals surface area contributed by atoms with E-state index >= 15 is 0 Å². The van der Waals surface area contributed by atoms with Crippen molar-refractivity contribution in [1.82, 2.24) is 19.2 Å². The number of anilines is 1. The van der Waals surface area contributed by atoms with Crippen molar-refractivity contribution in [2.24, 2.45) is 0 Å². The Hall–Kier alpha value is -2.06. The Kier molecular flexibility index (Phi) is 5.10. The minimum atomic E-state index is -0.250. The Morgan fingerprint density at radius 3 is 2.48 bits per heavy atom. The molecule has 2 fully saturated rings. The molecule has 1 amide bonds. The van der Waals surface area contributed by atoms with Crippen LogP contribution < -0.4 is 4.90 Å². The lowest BCUT2D eigenvalue weighted by molar-refractivity contribution is -0.134. The number of nitrogens with zero attached hydrogens (tertiary/aromatic N) is 5. The van der Waals surface area contributed by atoms with Gasteiger partial charge in [-0.2, -0.15) is 4.37 Å². The smallest absolute Gasteiger partial charge is 0.240 e. The average Bonchev–Trinajstić information content (AvgIpc) is 3.28. The highest BCUT2D eigenvalue weighted by atomic mass is 32.1. The predicted molar refractivity (Wildman–Crippen MR) is 103 cm³/mol. The van der Waals surface area contributed by atoms with E-state index in [0.29, 0.717) is 0 Å². The Morgan fingerprint density at radius 1 is 1.15 bits per heavy atom. The fourth-order valence-corrected chi connectivity index (χ4v) is 4.70. The number of benzene rings is 1. The minimum Gasteiger partial charge on any atom is -0.344 e. The SMILES string of the molecule is Cc1nsc(N2CCN([C@@H]3CCN([C@@H](C)c4ccc(F)cc4)C3=O)CC2)n1. The first-order chi connectivity index (χ1) is 13.0. The molecule has 6 nitrogen and oxygen atoms in total. The van der Waals surface area contributed by atoms with Gasteiger partial charge >= 0.3 is 0 Å². The lowest BCUT2D eigenvalue weighted by atomic mass is 10.1. The molecule has 0 spiro atoms. The highest BCUT2D eigenvalue weighted by molar-refractivity contribution is 7.09. The number of rotatable bonds is 4. The Balaban J connectivity index is 1.37. The van der Waals surface area contributed by atoms with Crippen molar-refractivity contribution in [2.75, 3.05) is 37.6 Å². The van der Waals surface area contributed by atoms with E-state index < -0.39 is 0 Å². The van der Waals surface area contributed by atoms with E-state index in [1.165, 1.54) is 23.7 Å². The van der Waals surface area contributed by atoms with Gasteiger partial charge in [0.1, 0.15) is 11.6 Å². The molecule has 2 atom stereocenters. The molecule has 27 heavy (non-hydrogen) atoms. The van der Waals surface area contributed by atoms with E-state index in [1.54, 1.807) is 12.1 Å². The Labute approximate surface area is 162 Å². The van der Waals surface area contributed by atoms with Gasteiger partial charge in [0.2, 0.25) is 11.0 Å². The van der Waals surface area contributed by atoms with E-state index in [9.17, 15) is 9.18 Å². The van der Waals surface area contributed by atoms with Gasteiger partial charge in [0.05, 0.1) is 12.1 Å². The second-order valence-electron chi connectivity index (χ2n) is 7.21. The van der Waals surface area contributed by atoms with Crippen molar-refractivity contribution in [2.45, 2.75) is 32.4 Å². The van der Waals surface area contributed by atoms with Crippen LogP contribution in [0.4, 0.5) is 9.52 Å². The first-order valence-corrected chi connectivity index (χ1v) is 10.2. The molecule has 2 aromatic rings. The summed E-state index contributed by atoms with van der Waals surface area (Å²) in [6.45, 7) is 8.12. The number of amides is 1. The highest BCUT2D eigenvalue weighted by Crippen LogP contribution is 2.29. The van der Waals surface area contributed by atoms with Gasteiger partial charge in [0, 0.05) is 44.3 Å². The molecule has 1 aromatic heterocycles. The zero-order chi connectivity index (χ0) is 19.0. The third kappa shape index (κ3) is 3.68. The van der Waals surface area contributed by atoms with Crippen molar-refractivity contribution in [1.29, 1.82) is 0 Å². The summed E-state index contributed by atoms with van der Waals surface area (Å²) >= 11 is 1.44. The molecule has 3 heterocycles. The summed E-state index contributed by atoms with van der Waals surface area (Å²) < 4.78 is 17.4. The van der Waals surface area contributed by atoms with Crippen molar-refractivity contribution < 1.29 is 9.18 Å². The molecule has 0 radical (unpaired) electrons. The van der Waals surface area contributed by atoms with Crippen molar-refractivity contribution in [3.8, 4) is 0 Å². The summed E-state index contributed by atoms with van der Waals surface area (Å²) in [5.41, 5.74) is 0.974. The number of hydrogen-bond acceptors (Lipinski definition) is 6. The van der Waals surface area contributed by atoms with Crippen LogP contribution in [0.5, 0.6) is 0 Å². The van der Waals surface area contributed by atoms with Crippen LogP contribution in [-0.4, -0.2) is 63.8 Å². The summed E-state index contributed by atoms with van der Waals surface area (Å²) in [6, 6.07) is 6.36. The predicted octanol–water partition coefficient (Wildman–Crippen LogP) is 2.47. The molecule has 8 heteroatoms. The van der Waals surface area contributed by atoms with Gasteiger partial charge in [-0.25, -0.2) is 9.37 Å². The van der Waals surface area contributed by atoms with Crippen LogP contribution >= 0.6 is 11.5 Å². The summed E-state index contributed by atoms with van der Waals surface area (Å²) in [4.78, 5) is 24.0. The van der Waals surface area contributed by atoms with Gasteiger partial charge in [-0.05, 0) is 38.0 Å². The molecule has 2 saturated heterocycles. The monoisotopic (exact) mass is 389 g/mol. The van der Waals surface area contributed by atoms with Crippen molar-refractivity contribution in [3.05, 3.63) is 41.5 Å². The van der Waals surface area contributed by atoms with Crippen LogP contribution in [0.2, 0.25) is 0 Å². The van der Waals surface area contributed by atoms with Gasteiger partial charge in [-0.15, -0.1) is 0 Å². The van der Waals surface area contributed by atoms with Gasteiger partial charge in [-0.3, -0.25) is 9.69 Å². The van der Waals surface area contributed by atoms with Crippen LogP contribution in [0.25, 0.3) is 0 Å². The molecule has 0 unspecified atom stereocenters. The maximum absolute atomic E-state index is 13.2. The number of hydrogen-bond donors (Lipinski definition) is 0. The van der Waals surface area contributed by atoms with Gasteiger partial charge in [0.15, 0.2) is 0 Å². The lowest BCUT2D eigenvalue weighted by Gasteiger charge is -2.37. The zero-order valence-corrected chi connectivity index (χ0v) is 16.5. The fraction of sp³-hybridized carbons (Fsp3) is 0.526. The van der Waals surface area contributed by atoms with Crippen LogP contribution in [0, 0.1) is 12.7 Å². The van der Waals surface area contributed by atoms with Crippen LogP contribution in [-0.2, 0) is 4.79 Å². The van der Waals surface area contributed by atoms with E-state index in [4.69, 9.17) is 0 Å². The van der Waals surface area contributed by atoms with E-state index in [1.807, 2.05) is 18.7 Å². The largest absolute Gasteiger partial charge is 0.344 e. The number of aryl methyl sites for hydroxylation is 1. The molecule has 2 aliphatic rings. The van der Waals surface area contributed by atoms with Crippen molar-refractivity contribution >= 4 is 22.6 Å². The maximum Gasteiger partial charge on any atom is 0.240 e. The Bertz CT molecular complexity index is 803. The summed E-state index contributed by atoms with van der Waals surface area (Å²) in [5, 5.41) is 0.969. The summed E-state index contributed by atoms with van der Waals surface area (Å²) in [6.07, 6.45) is 0.849. The first kappa shape index (κ1) is 18.3. The minimum absolute atomic E-state index is 0.0336. The molecule has 2 aliphatic heterocycles. The first-order valence-electron chi connectivity index (χ1n) is 9.38. The second kappa shape index (κ2) is 7.52. The summed E-state index contributed by atoms with van der Waals surface area (Å²) in [5.74, 6) is 0.751. The molecular weight excluding hydrogens is 365 g/mol. The van der Waals surface area contributed by atoms with Gasteiger partial charge in [-0.1, -0.05) is 12.1 Å². The van der Waals surface area contributed by atoms with Crippen LogP contribution in [0.1, 0.15) is 30.8 Å². The van der Waals surface area contributed by atoms with Crippen LogP contribution in [0.3, 0.4) is 0 Å². The molecule has 1 aromatic carbocycles. The second-order valence-corrected chi connectivity index (χ2v) is 7.94. The van der Waals surface area contributed by atoms with Crippen LogP contribution in [0.15, 0.2) is 24.3 Å². The molecule has 144 valence electrons. The summed E-state index contributed by atoms with van der Waals surface area (Å²) in [7, 11) is 0. The number of halogens is 1. The normalized spacial score (nSPS) is 22.5. The zero-order valence-electron chi connectivity index (χ0n) is 15.6. The topological polar surface area (TPSA) is 52.6 Å². The lowest BCUT2D eigenvalue weighted by Crippen LogP contribution is -2.52. The number of aromatic nitrogens is 2. The molecule has 0 N–H and O–H groups in total. The highest BCUT2D eigenvalue weighted by Gasteiger charge is 2.39. The van der Waals surface area contributed by atoms with E-state index in [-0.39, 0.29) is 23.8 Å². The quantitative estimate of drug-likeness (QED) is 0.804.